The van der Waals surface area contributed by atoms with E-state index in [2.05, 4.69) is 10.6 Å². The number of aliphatic hydroxyl groups is 1. The van der Waals surface area contributed by atoms with Crippen molar-refractivity contribution in [3.8, 4) is 0 Å². The number of anilines is 4. The van der Waals surface area contributed by atoms with Crippen LogP contribution in [0.5, 0.6) is 0 Å². The van der Waals surface area contributed by atoms with Crippen LogP contribution in [0, 0.1) is 40.2 Å². The maximum Gasteiger partial charge on any atom is 0.333 e. The number of ketones is 1. The van der Waals surface area contributed by atoms with E-state index < -0.39 is 93.8 Å². The van der Waals surface area contributed by atoms with Crippen molar-refractivity contribution in [2.24, 2.45) is 28.6 Å². The number of carbonyl (C=O) groups excluding carboxylic acids is 5. The van der Waals surface area contributed by atoms with Gasteiger partial charge in [-0.2, -0.15) is 0 Å². The fourth-order valence-corrected chi connectivity index (χ4v) is 14.1. The van der Waals surface area contributed by atoms with E-state index >= 15 is 13.6 Å². The molecule has 16 nitrogen and oxygen atoms in total. The Morgan fingerprint density at radius 3 is 2.12 bits per heavy atom. The summed E-state index contributed by atoms with van der Waals surface area (Å²) < 4.78 is 67.2. The smallest absolute Gasteiger partial charge is 0.333 e. The molecule has 4 heterocycles. The zero-order chi connectivity index (χ0) is 51.8. The van der Waals surface area contributed by atoms with Crippen molar-refractivity contribution in [1.29, 1.82) is 0 Å². The first-order chi connectivity index (χ1) is 34.8. The summed E-state index contributed by atoms with van der Waals surface area (Å²) in [6.07, 6.45) is -0.177. The predicted octanol–water partition coefficient (Wildman–Crippen LogP) is 6.58. The molecular weight excluding hydrogens is 947 g/mol. The second kappa shape index (κ2) is 19.4. The number of morpholine rings is 2. The Bertz CT molecular complexity index is 2630. The van der Waals surface area contributed by atoms with Crippen LogP contribution >= 0.6 is 0 Å². The minimum Gasteiger partial charge on any atom is -0.458 e. The molecule has 394 valence electrons. The molecule has 3 saturated heterocycles. The molecule has 12 atom stereocenters. The van der Waals surface area contributed by atoms with Gasteiger partial charge < -0.3 is 54.0 Å². The Morgan fingerprint density at radius 2 is 1.51 bits per heavy atom. The molecule has 73 heavy (non-hydrogen) atoms. The summed E-state index contributed by atoms with van der Waals surface area (Å²) in [5, 5.41) is 19.7. The molecule has 4 aliphatic heterocycles. The molecule has 8 aliphatic rings. The summed E-state index contributed by atoms with van der Waals surface area (Å²) in [5.74, 6) is -4.64. The largest absolute Gasteiger partial charge is 0.458 e. The lowest BCUT2D eigenvalue weighted by molar-refractivity contribution is -0.229. The van der Waals surface area contributed by atoms with Crippen LogP contribution in [-0.4, -0.2) is 129 Å². The van der Waals surface area contributed by atoms with Gasteiger partial charge in [-0.05, 0) is 101 Å². The quantitative estimate of drug-likeness (QED) is 0.0842. The second-order valence-corrected chi connectivity index (χ2v) is 22.0. The van der Waals surface area contributed by atoms with Gasteiger partial charge >= 0.3 is 17.9 Å². The van der Waals surface area contributed by atoms with Gasteiger partial charge in [-0.15, -0.1) is 0 Å². The zero-order valence-electron chi connectivity index (χ0n) is 42.6. The van der Waals surface area contributed by atoms with Gasteiger partial charge in [-0.1, -0.05) is 25.0 Å². The maximum atomic E-state index is 15.9. The minimum atomic E-state index is -1.70. The third kappa shape index (κ3) is 8.61. The molecule has 1 spiro atoms. The van der Waals surface area contributed by atoms with Gasteiger partial charge in [0.15, 0.2) is 6.10 Å². The molecule has 10 rings (SSSR count). The van der Waals surface area contributed by atoms with Gasteiger partial charge in [-0.25, -0.2) is 13.6 Å². The number of amides is 1. The maximum absolute atomic E-state index is 15.9. The van der Waals surface area contributed by atoms with Gasteiger partial charge in [0, 0.05) is 87.1 Å². The van der Waals surface area contributed by atoms with Gasteiger partial charge in [0.2, 0.25) is 5.91 Å². The van der Waals surface area contributed by atoms with Crippen molar-refractivity contribution in [1.82, 2.24) is 0 Å². The number of hydrogen-bond donors (Lipinski definition) is 3. The highest BCUT2D eigenvalue weighted by Gasteiger charge is 2.85. The number of fused-ring (bicyclic) bond motifs is 4. The molecule has 2 aromatic rings. The summed E-state index contributed by atoms with van der Waals surface area (Å²) >= 11 is 0. The predicted molar refractivity (Wildman–Crippen MR) is 264 cm³/mol. The van der Waals surface area contributed by atoms with Crippen molar-refractivity contribution < 1.29 is 66.3 Å². The third-order valence-electron chi connectivity index (χ3n) is 18.2. The lowest BCUT2D eigenvalue weighted by Gasteiger charge is -2.62. The highest BCUT2D eigenvalue weighted by molar-refractivity contribution is 5.92. The molecule has 0 radical (unpaired) electrons. The highest BCUT2D eigenvalue weighted by Crippen LogP contribution is 2.74. The Balaban J connectivity index is 0.904. The number of cyclic esters (lactones) is 1. The summed E-state index contributed by atoms with van der Waals surface area (Å²) in [4.78, 5) is 72.2. The molecule has 2 aromatic carbocycles. The third-order valence-corrected chi connectivity index (χ3v) is 18.2. The number of epoxide rings is 1. The van der Waals surface area contributed by atoms with E-state index in [1.54, 1.807) is 31.2 Å². The monoisotopic (exact) mass is 1010 g/mol. The Hall–Kier alpha value is -5.43. The molecule has 6 fully saturated rings. The van der Waals surface area contributed by atoms with Crippen molar-refractivity contribution in [2.75, 3.05) is 73.0 Å². The van der Waals surface area contributed by atoms with Crippen LogP contribution in [0.3, 0.4) is 0 Å². The van der Waals surface area contributed by atoms with Crippen LogP contribution in [-0.2, 0) is 52.4 Å². The number of rotatable bonds is 13. The number of hydrogen-bond acceptors (Lipinski definition) is 15. The van der Waals surface area contributed by atoms with Crippen LogP contribution in [0.4, 0.5) is 31.5 Å². The number of esters is 3. The molecule has 0 aromatic heterocycles. The van der Waals surface area contributed by atoms with E-state index in [0.29, 0.717) is 94.5 Å². The second-order valence-electron chi connectivity index (χ2n) is 22.0. The number of ether oxygens (including phenoxy) is 6. The standard InChI is InChI=1S/C55H68F2N4O12/c1-30-24-44(71-51(66)31(30)2)32(3)37-27-46(70-33(4)62)54(67)38-28-47-55(73-47)50(72-49(65)9-7-8-48(64)59-35-11-13-43(40(57)26-35)61-18-22-69-23-19-61)41(29-45(63)53(55,6)36(38)14-15-52(37,54)5)58-34-10-12-42(39(56)25-34)60-16-20-68-21-17-60/h10-13,25-27,32,36,38,41,44,46-47,50,58,67H,7-9,14-24,28-29H2,1-6H3,(H,59,64)/t32-,36-,38+,41?,44+,46-,47+,50-,52+,53-,54+,55-/m0/s1. The molecule has 18 heteroatoms. The van der Waals surface area contributed by atoms with Gasteiger partial charge in [0.25, 0.3) is 0 Å². The first kappa shape index (κ1) is 51.1. The molecule has 3 N–H and O–H groups in total. The molecule has 4 aliphatic carbocycles. The Labute approximate surface area is 424 Å². The Kier molecular flexibility index (Phi) is 13.5. The average Bonchev–Trinajstić information content (AvgIpc) is 4.05. The number of carbonyl (C=O) groups is 5. The van der Waals surface area contributed by atoms with Gasteiger partial charge in [0.05, 0.1) is 55.4 Å². The van der Waals surface area contributed by atoms with Crippen LogP contribution in [0.25, 0.3) is 0 Å². The number of benzene rings is 2. The van der Waals surface area contributed by atoms with E-state index in [4.69, 9.17) is 28.4 Å². The van der Waals surface area contributed by atoms with E-state index in [0.717, 1.165) is 11.1 Å². The first-order valence-corrected chi connectivity index (χ1v) is 26.0. The van der Waals surface area contributed by atoms with Gasteiger partial charge in [0.1, 0.15) is 40.8 Å². The van der Waals surface area contributed by atoms with Crippen molar-refractivity contribution in [2.45, 2.75) is 135 Å². The number of nitrogens with one attached hydrogen (secondary N) is 2. The average molecular weight is 1020 g/mol. The topological polar surface area (TPSA) is 195 Å². The van der Waals surface area contributed by atoms with Crippen molar-refractivity contribution in [3.63, 3.8) is 0 Å². The lowest BCUT2D eigenvalue weighted by atomic mass is 9.41. The van der Waals surface area contributed by atoms with Gasteiger partial charge in [-0.3, -0.25) is 19.2 Å². The van der Waals surface area contributed by atoms with E-state index in [1.165, 1.54) is 19.1 Å². The normalized spacial score (nSPS) is 35.1. The summed E-state index contributed by atoms with van der Waals surface area (Å²) in [7, 11) is 0. The van der Waals surface area contributed by atoms with E-state index in [1.807, 2.05) is 43.6 Å². The van der Waals surface area contributed by atoms with E-state index in [9.17, 15) is 24.3 Å². The number of halogens is 2. The Morgan fingerprint density at radius 1 is 0.877 bits per heavy atom. The summed E-state index contributed by atoms with van der Waals surface area (Å²) in [6.45, 7) is 14.9. The molecular formula is C55H68F2N4O12. The van der Waals surface area contributed by atoms with Crippen molar-refractivity contribution >= 4 is 52.3 Å². The van der Waals surface area contributed by atoms with Crippen LogP contribution in [0.2, 0.25) is 0 Å². The first-order valence-electron chi connectivity index (χ1n) is 26.0. The number of Topliss-reactive ketones (excluding diaryl/α,β-unsaturated/α-hetero) is 1. The van der Waals surface area contributed by atoms with E-state index in [-0.39, 0.29) is 55.5 Å². The fourth-order valence-electron chi connectivity index (χ4n) is 14.1. The molecule has 3 saturated carbocycles. The highest BCUT2D eigenvalue weighted by atomic mass is 19.1. The van der Waals surface area contributed by atoms with Crippen LogP contribution in [0.15, 0.2) is 59.2 Å². The zero-order valence-corrected chi connectivity index (χ0v) is 42.6. The molecule has 1 unspecified atom stereocenters. The molecule has 1 amide bonds. The van der Waals surface area contributed by atoms with Crippen LogP contribution in [0.1, 0.15) is 92.9 Å². The molecule has 0 bridgehead atoms. The summed E-state index contributed by atoms with van der Waals surface area (Å²) in [6, 6.07) is 8.45. The summed E-state index contributed by atoms with van der Waals surface area (Å²) in [5.41, 5.74) is -1.51. The minimum absolute atomic E-state index is 0.0676. The van der Waals surface area contributed by atoms with Crippen LogP contribution < -0.4 is 20.4 Å². The number of nitrogens with zero attached hydrogens (tertiary/aromatic N) is 2. The van der Waals surface area contributed by atoms with Crippen molar-refractivity contribution in [3.05, 3.63) is 70.8 Å². The fraction of sp³-hybridized carbons (Fsp3) is 0.618. The lowest BCUT2D eigenvalue weighted by Crippen LogP contribution is -2.73. The SMILES string of the molecule is CC(=O)O[C@H]1C=C([C@H](C)[C@H]2CC(C)=C(C)C(=O)O2)[C@@]2(C)CC[C@H]3[C@@H](C[C@H]4O[C@]45[C@@H](OC(=O)CCCC(=O)Nc4ccc(N6CCOCC6)c(F)c4)C(Nc4ccc(N6CCOCC6)c(F)c4)CC(=O)[C@]35C)[C@@]12O.